The van der Waals surface area contributed by atoms with Crippen molar-refractivity contribution in [2.75, 3.05) is 6.54 Å². The fourth-order valence-corrected chi connectivity index (χ4v) is 3.03. The van der Waals surface area contributed by atoms with Crippen molar-refractivity contribution in [1.82, 2.24) is 9.88 Å². The van der Waals surface area contributed by atoms with Crippen LogP contribution in [0.25, 0.3) is 10.9 Å². The number of carbonyl (C=O) groups is 1. The van der Waals surface area contributed by atoms with Crippen molar-refractivity contribution >= 4 is 16.8 Å². The highest BCUT2D eigenvalue weighted by molar-refractivity contribution is 5.83. The number of nitrogens with one attached hydrogen (secondary N) is 1. The third-order valence-electron chi connectivity index (χ3n) is 4.01. The molecule has 1 aliphatic heterocycles. The van der Waals surface area contributed by atoms with Crippen molar-refractivity contribution in [2.24, 2.45) is 11.7 Å². The number of H-pyrrole nitrogens is 1. The summed E-state index contributed by atoms with van der Waals surface area (Å²) in [4.78, 5) is 16.8. The molecule has 0 radical (unpaired) electrons. The van der Waals surface area contributed by atoms with E-state index in [2.05, 4.69) is 17.1 Å². The molecule has 20 heavy (non-hydrogen) atoms. The van der Waals surface area contributed by atoms with Crippen LogP contribution in [0.4, 0.5) is 0 Å². The largest absolute Gasteiger partial charge is 0.368 e. The van der Waals surface area contributed by atoms with Gasteiger partial charge >= 0.3 is 0 Å². The first-order valence-corrected chi connectivity index (χ1v) is 6.68. The van der Waals surface area contributed by atoms with Crippen molar-refractivity contribution in [3.63, 3.8) is 0 Å². The molecule has 1 fully saturated rings. The summed E-state index contributed by atoms with van der Waals surface area (Å²) in [7, 11) is 0. The van der Waals surface area contributed by atoms with Gasteiger partial charge in [0.1, 0.15) is 6.04 Å². The fraction of sp³-hybridized carbons (Fsp3) is 0.333. The summed E-state index contributed by atoms with van der Waals surface area (Å²) in [6.45, 7) is 1.36. The molecule has 5 heteroatoms. The SMILES string of the molecule is N#CC1CCN(Cc2c[nH]c3ccccc23)C1C(N)=O. The average Bonchev–Trinajstić information content (AvgIpc) is 3.04. The van der Waals surface area contributed by atoms with Crippen molar-refractivity contribution in [3.8, 4) is 6.07 Å². The normalized spacial score (nSPS) is 22.9. The summed E-state index contributed by atoms with van der Waals surface area (Å²) >= 11 is 0. The Morgan fingerprint density at radius 1 is 1.50 bits per heavy atom. The number of primary amides is 1. The lowest BCUT2D eigenvalue weighted by molar-refractivity contribution is -0.123. The van der Waals surface area contributed by atoms with Crippen LogP contribution in [-0.2, 0) is 11.3 Å². The minimum absolute atomic E-state index is 0.294. The molecule has 1 amide bonds. The Morgan fingerprint density at radius 2 is 2.30 bits per heavy atom. The molecule has 0 aliphatic carbocycles. The summed E-state index contributed by atoms with van der Waals surface area (Å²) in [5, 5.41) is 10.3. The van der Waals surface area contributed by atoms with Crippen LogP contribution < -0.4 is 5.73 Å². The van der Waals surface area contributed by atoms with E-state index in [0.29, 0.717) is 13.0 Å². The lowest BCUT2D eigenvalue weighted by Gasteiger charge is -2.22. The molecule has 2 heterocycles. The van der Waals surface area contributed by atoms with Crippen LogP contribution in [0.15, 0.2) is 30.5 Å². The van der Waals surface area contributed by atoms with E-state index >= 15 is 0 Å². The number of fused-ring (bicyclic) bond motifs is 1. The Kier molecular flexibility index (Phi) is 3.17. The van der Waals surface area contributed by atoms with Gasteiger partial charge in [-0.3, -0.25) is 9.69 Å². The van der Waals surface area contributed by atoms with Crippen LogP contribution >= 0.6 is 0 Å². The molecule has 2 unspecified atom stereocenters. The van der Waals surface area contributed by atoms with Crippen molar-refractivity contribution in [2.45, 2.75) is 19.0 Å². The molecule has 1 aliphatic rings. The van der Waals surface area contributed by atoms with E-state index in [0.717, 1.165) is 23.0 Å². The molecule has 2 aromatic rings. The molecule has 2 atom stereocenters. The lowest BCUT2D eigenvalue weighted by Crippen LogP contribution is -2.43. The number of hydrogen-bond donors (Lipinski definition) is 2. The number of nitrogens with zero attached hydrogens (tertiary/aromatic N) is 2. The molecular formula is C15H16N4O. The van der Waals surface area contributed by atoms with E-state index in [4.69, 9.17) is 11.0 Å². The van der Waals surface area contributed by atoms with E-state index < -0.39 is 11.9 Å². The molecule has 0 spiro atoms. The summed E-state index contributed by atoms with van der Waals surface area (Å²) in [5.41, 5.74) is 7.66. The third-order valence-corrected chi connectivity index (χ3v) is 4.01. The minimum atomic E-state index is -0.478. The van der Waals surface area contributed by atoms with E-state index in [-0.39, 0.29) is 5.92 Å². The van der Waals surface area contributed by atoms with Crippen LogP contribution in [0.2, 0.25) is 0 Å². The van der Waals surface area contributed by atoms with Gasteiger partial charge in [0, 0.05) is 30.2 Å². The van der Waals surface area contributed by atoms with Gasteiger partial charge in [0.15, 0.2) is 0 Å². The number of para-hydroxylation sites is 1. The zero-order valence-electron chi connectivity index (χ0n) is 11.0. The highest BCUT2D eigenvalue weighted by atomic mass is 16.1. The van der Waals surface area contributed by atoms with Crippen molar-refractivity contribution in [3.05, 3.63) is 36.0 Å². The molecular weight excluding hydrogens is 252 g/mol. The summed E-state index contributed by atoms with van der Waals surface area (Å²) < 4.78 is 0. The summed E-state index contributed by atoms with van der Waals surface area (Å²) in [5.74, 6) is -0.702. The number of nitriles is 1. The first-order valence-electron chi connectivity index (χ1n) is 6.68. The van der Waals surface area contributed by atoms with Crippen LogP contribution in [0.1, 0.15) is 12.0 Å². The van der Waals surface area contributed by atoms with E-state index in [1.165, 1.54) is 0 Å². The molecule has 0 saturated carbocycles. The first kappa shape index (κ1) is 12.7. The Balaban J connectivity index is 1.87. The Bertz CT molecular complexity index is 684. The van der Waals surface area contributed by atoms with E-state index in [1.54, 1.807) is 0 Å². The third kappa shape index (κ3) is 2.04. The van der Waals surface area contributed by atoms with Gasteiger partial charge in [-0.15, -0.1) is 0 Å². The molecule has 1 aromatic carbocycles. The van der Waals surface area contributed by atoms with Crippen LogP contribution in [0.5, 0.6) is 0 Å². The van der Waals surface area contributed by atoms with Gasteiger partial charge in [0.05, 0.1) is 12.0 Å². The van der Waals surface area contributed by atoms with Crippen LogP contribution in [0, 0.1) is 17.2 Å². The minimum Gasteiger partial charge on any atom is -0.368 e. The number of benzene rings is 1. The Morgan fingerprint density at radius 3 is 3.05 bits per heavy atom. The Labute approximate surface area is 117 Å². The molecule has 5 nitrogen and oxygen atoms in total. The van der Waals surface area contributed by atoms with Gasteiger partial charge in [-0.2, -0.15) is 5.26 Å². The quantitative estimate of drug-likeness (QED) is 0.881. The Hall–Kier alpha value is -2.32. The molecule has 3 N–H and O–H groups in total. The molecule has 102 valence electrons. The predicted molar refractivity (Wildman–Crippen MR) is 75.4 cm³/mol. The maximum Gasteiger partial charge on any atom is 0.236 e. The van der Waals surface area contributed by atoms with E-state index in [1.807, 2.05) is 29.3 Å². The molecule has 1 aromatic heterocycles. The number of carbonyl (C=O) groups excluding carboxylic acids is 1. The van der Waals surface area contributed by atoms with Crippen LogP contribution in [0.3, 0.4) is 0 Å². The van der Waals surface area contributed by atoms with Gasteiger partial charge in [-0.05, 0) is 18.1 Å². The number of rotatable bonds is 3. The van der Waals surface area contributed by atoms with Gasteiger partial charge in [-0.1, -0.05) is 18.2 Å². The highest BCUT2D eigenvalue weighted by Gasteiger charge is 2.38. The lowest BCUT2D eigenvalue weighted by atomic mass is 10.0. The second-order valence-corrected chi connectivity index (χ2v) is 5.20. The zero-order valence-corrected chi connectivity index (χ0v) is 11.0. The van der Waals surface area contributed by atoms with Crippen molar-refractivity contribution in [1.29, 1.82) is 5.26 Å². The number of likely N-dealkylation sites (tertiary alicyclic amines) is 1. The van der Waals surface area contributed by atoms with Crippen molar-refractivity contribution < 1.29 is 4.79 Å². The van der Waals surface area contributed by atoms with Gasteiger partial charge < -0.3 is 10.7 Å². The molecule has 0 bridgehead atoms. The van der Waals surface area contributed by atoms with Crippen LogP contribution in [-0.4, -0.2) is 28.4 Å². The average molecular weight is 268 g/mol. The highest BCUT2D eigenvalue weighted by Crippen LogP contribution is 2.27. The van der Waals surface area contributed by atoms with E-state index in [9.17, 15) is 4.79 Å². The topological polar surface area (TPSA) is 85.9 Å². The monoisotopic (exact) mass is 268 g/mol. The second kappa shape index (κ2) is 4.99. The maximum absolute atomic E-state index is 11.6. The van der Waals surface area contributed by atoms with Gasteiger partial charge in [0.25, 0.3) is 0 Å². The zero-order chi connectivity index (χ0) is 14.1. The summed E-state index contributed by atoms with van der Waals surface area (Å²) in [6, 6.07) is 9.76. The maximum atomic E-state index is 11.6. The fourth-order valence-electron chi connectivity index (χ4n) is 3.03. The second-order valence-electron chi connectivity index (χ2n) is 5.20. The van der Waals surface area contributed by atoms with Gasteiger partial charge in [0.2, 0.25) is 5.91 Å². The smallest absolute Gasteiger partial charge is 0.236 e. The number of amides is 1. The van der Waals surface area contributed by atoms with Gasteiger partial charge in [-0.25, -0.2) is 0 Å². The number of aromatic amines is 1. The predicted octanol–water partition coefficient (Wildman–Crippen LogP) is 1.37. The number of hydrogen-bond acceptors (Lipinski definition) is 3. The molecule has 1 saturated heterocycles. The standard InChI is InChI=1S/C15H16N4O/c16-7-10-5-6-19(14(10)15(17)20)9-11-8-18-13-4-2-1-3-12(11)13/h1-4,8,10,14,18H,5-6,9H2,(H2,17,20). The summed E-state index contributed by atoms with van der Waals surface area (Å²) in [6.07, 6.45) is 2.66. The number of aromatic nitrogens is 1. The number of nitrogens with two attached hydrogens (primary N) is 1. The molecule has 3 rings (SSSR count). The first-order chi connectivity index (χ1) is 9.70.